The Morgan fingerprint density at radius 2 is 2.30 bits per heavy atom. The van der Waals surface area contributed by atoms with Gasteiger partial charge in [0.2, 0.25) is 0 Å². The standard InChI is InChI=1S/C5H3IN4/c6-5-4-1-2-8-10(4)9-3-7-5/h1-3H. The van der Waals surface area contributed by atoms with Crippen LogP contribution in [0.3, 0.4) is 0 Å². The molecule has 0 N–H and O–H groups in total. The van der Waals surface area contributed by atoms with Gasteiger partial charge in [0.25, 0.3) is 0 Å². The highest BCUT2D eigenvalue weighted by Gasteiger charge is 1.97. The maximum atomic E-state index is 3.99. The summed E-state index contributed by atoms with van der Waals surface area (Å²) in [7, 11) is 0. The summed E-state index contributed by atoms with van der Waals surface area (Å²) in [6, 6.07) is 1.88. The lowest BCUT2D eigenvalue weighted by Crippen LogP contribution is -1.95. The van der Waals surface area contributed by atoms with Crippen LogP contribution in [0.25, 0.3) is 5.52 Å². The van der Waals surface area contributed by atoms with Gasteiger partial charge >= 0.3 is 0 Å². The van der Waals surface area contributed by atoms with Gasteiger partial charge in [-0.25, -0.2) is 4.98 Å². The molecule has 5 heteroatoms. The molecule has 50 valence electrons. The van der Waals surface area contributed by atoms with Gasteiger partial charge in [-0.15, -0.1) is 9.73 Å². The monoisotopic (exact) mass is 246 g/mol. The number of nitrogens with zero attached hydrogens (tertiary/aromatic N) is 4. The molecule has 0 unspecified atom stereocenters. The average Bonchev–Trinajstić information content (AvgIpc) is 2.36. The van der Waals surface area contributed by atoms with Gasteiger partial charge in [0, 0.05) is 0 Å². The van der Waals surface area contributed by atoms with Crippen molar-refractivity contribution in [3.05, 3.63) is 22.3 Å². The minimum absolute atomic E-state index is 0.921. The van der Waals surface area contributed by atoms with Crippen LogP contribution >= 0.6 is 22.6 Å². The van der Waals surface area contributed by atoms with E-state index in [9.17, 15) is 0 Å². The topological polar surface area (TPSA) is 43.1 Å². The highest BCUT2D eigenvalue weighted by Crippen LogP contribution is 2.06. The van der Waals surface area contributed by atoms with E-state index in [1.54, 1.807) is 10.8 Å². The van der Waals surface area contributed by atoms with E-state index in [-0.39, 0.29) is 0 Å². The molecule has 0 aromatic carbocycles. The van der Waals surface area contributed by atoms with Crippen LogP contribution in [-0.4, -0.2) is 19.8 Å². The van der Waals surface area contributed by atoms with E-state index in [1.807, 2.05) is 6.07 Å². The van der Waals surface area contributed by atoms with Crippen molar-refractivity contribution in [2.24, 2.45) is 0 Å². The first kappa shape index (κ1) is 6.02. The maximum Gasteiger partial charge on any atom is 0.139 e. The lowest BCUT2D eigenvalue weighted by atomic mass is 10.6. The molecule has 0 aliphatic heterocycles. The number of hydrogen-bond donors (Lipinski definition) is 0. The van der Waals surface area contributed by atoms with Crippen LogP contribution in [0.4, 0.5) is 0 Å². The summed E-state index contributed by atoms with van der Waals surface area (Å²) >= 11 is 2.14. The first-order valence-electron chi connectivity index (χ1n) is 2.68. The molecule has 2 aromatic rings. The van der Waals surface area contributed by atoms with Crippen molar-refractivity contribution in [2.45, 2.75) is 0 Å². The first-order valence-corrected chi connectivity index (χ1v) is 3.76. The summed E-state index contributed by atoms with van der Waals surface area (Å²) in [5.41, 5.74) is 0.947. The quantitative estimate of drug-likeness (QED) is 0.643. The Kier molecular flexibility index (Phi) is 1.30. The van der Waals surface area contributed by atoms with Gasteiger partial charge in [0.1, 0.15) is 15.5 Å². The number of rotatable bonds is 0. The Morgan fingerprint density at radius 1 is 1.40 bits per heavy atom. The molecule has 0 fully saturated rings. The molecule has 0 radical (unpaired) electrons. The minimum atomic E-state index is 0.921. The van der Waals surface area contributed by atoms with Crippen LogP contribution in [0, 0.1) is 3.70 Å². The van der Waals surface area contributed by atoms with E-state index >= 15 is 0 Å². The van der Waals surface area contributed by atoms with Crippen molar-refractivity contribution in [3.8, 4) is 0 Å². The fourth-order valence-electron chi connectivity index (χ4n) is 0.731. The second-order valence-electron chi connectivity index (χ2n) is 1.76. The molecule has 2 aromatic heterocycles. The summed E-state index contributed by atoms with van der Waals surface area (Å²) in [6.45, 7) is 0. The smallest absolute Gasteiger partial charge is 0.139 e. The van der Waals surface area contributed by atoms with E-state index < -0.39 is 0 Å². The highest BCUT2D eigenvalue weighted by molar-refractivity contribution is 14.1. The zero-order valence-electron chi connectivity index (χ0n) is 4.90. The van der Waals surface area contributed by atoms with Crippen LogP contribution in [0.1, 0.15) is 0 Å². The van der Waals surface area contributed by atoms with Gasteiger partial charge in [-0.2, -0.15) is 5.10 Å². The van der Waals surface area contributed by atoms with Crippen LogP contribution in [0.15, 0.2) is 18.6 Å². The molecule has 0 saturated carbocycles. The molecule has 2 heterocycles. The zero-order valence-corrected chi connectivity index (χ0v) is 7.06. The third kappa shape index (κ3) is 0.772. The van der Waals surface area contributed by atoms with Crippen molar-refractivity contribution in [2.75, 3.05) is 0 Å². The predicted molar refractivity (Wildman–Crippen MR) is 43.5 cm³/mol. The minimum Gasteiger partial charge on any atom is -0.226 e. The Bertz CT molecular complexity index is 355. The molecule has 0 aliphatic rings. The van der Waals surface area contributed by atoms with Gasteiger partial charge in [-0.1, -0.05) is 0 Å². The van der Waals surface area contributed by atoms with E-state index in [2.05, 4.69) is 37.8 Å². The number of fused-ring (bicyclic) bond motifs is 1. The van der Waals surface area contributed by atoms with Crippen LogP contribution < -0.4 is 0 Å². The third-order valence-electron chi connectivity index (χ3n) is 1.17. The Labute approximate surface area is 70.4 Å². The van der Waals surface area contributed by atoms with Gasteiger partial charge in [0.05, 0.1) is 6.20 Å². The lowest BCUT2D eigenvalue weighted by Gasteiger charge is -1.90. The molecule has 0 atom stereocenters. The summed E-state index contributed by atoms with van der Waals surface area (Å²) in [5.74, 6) is 0. The fraction of sp³-hybridized carbons (Fsp3) is 0. The molecule has 0 saturated heterocycles. The van der Waals surface area contributed by atoms with Crippen molar-refractivity contribution in [1.29, 1.82) is 0 Å². The largest absolute Gasteiger partial charge is 0.226 e. The van der Waals surface area contributed by atoms with Crippen molar-refractivity contribution in [1.82, 2.24) is 19.8 Å². The molecular weight excluding hydrogens is 243 g/mol. The van der Waals surface area contributed by atoms with Crippen molar-refractivity contribution in [3.63, 3.8) is 0 Å². The number of hydrogen-bond acceptors (Lipinski definition) is 3. The SMILES string of the molecule is Ic1ncnn2nccc12. The molecule has 10 heavy (non-hydrogen) atoms. The predicted octanol–water partition coefficient (Wildman–Crippen LogP) is 0.729. The van der Waals surface area contributed by atoms with Crippen LogP contribution in [-0.2, 0) is 0 Å². The second-order valence-corrected chi connectivity index (χ2v) is 2.78. The molecule has 0 bridgehead atoms. The third-order valence-corrected chi connectivity index (χ3v) is 2.00. The van der Waals surface area contributed by atoms with Crippen LogP contribution in [0.2, 0.25) is 0 Å². The summed E-state index contributed by atoms with van der Waals surface area (Å²) in [5, 5.41) is 7.83. The molecular formula is C5H3IN4. The first-order chi connectivity index (χ1) is 4.88. The highest BCUT2D eigenvalue weighted by atomic mass is 127. The zero-order chi connectivity index (χ0) is 6.97. The lowest BCUT2D eigenvalue weighted by molar-refractivity contribution is 0.775. The van der Waals surface area contributed by atoms with E-state index in [0.29, 0.717) is 0 Å². The van der Waals surface area contributed by atoms with Crippen LogP contribution in [0.5, 0.6) is 0 Å². The summed E-state index contributed by atoms with van der Waals surface area (Å²) in [4.78, 5) is 3.99. The molecule has 0 spiro atoms. The summed E-state index contributed by atoms with van der Waals surface area (Å²) < 4.78 is 2.47. The number of halogens is 1. The van der Waals surface area contributed by atoms with E-state index in [1.165, 1.54) is 6.33 Å². The van der Waals surface area contributed by atoms with E-state index in [0.717, 1.165) is 9.22 Å². The molecule has 0 aliphatic carbocycles. The maximum absolute atomic E-state index is 3.99. The Balaban J connectivity index is 2.95. The average molecular weight is 246 g/mol. The number of aromatic nitrogens is 4. The van der Waals surface area contributed by atoms with Gasteiger partial charge in [-0.05, 0) is 28.7 Å². The normalized spacial score (nSPS) is 10.5. The molecule has 2 rings (SSSR count). The van der Waals surface area contributed by atoms with Gasteiger partial charge < -0.3 is 0 Å². The second kappa shape index (κ2) is 2.15. The Morgan fingerprint density at radius 3 is 3.10 bits per heavy atom. The van der Waals surface area contributed by atoms with Gasteiger partial charge in [-0.3, -0.25) is 0 Å². The molecule has 4 nitrogen and oxygen atoms in total. The molecule has 0 amide bonds. The summed E-state index contributed by atoms with van der Waals surface area (Å²) in [6.07, 6.45) is 3.19. The van der Waals surface area contributed by atoms with Gasteiger partial charge in [0.15, 0.2) is 0 Å². The van der Waals surface area contributed by atoms with Crippen molar-refractivity contribution < 1.29 is 0 Å². The van der Waals surface area contributed by atoms with E-state index in [4.69, 9.17) is 0 Å². The Hall–Kier alpha value is -0.720. The van der Waals surface area contributed by atoms with Crippen molar-refractivity contribution >= 4 is 28.1 Å². The fourth-order valence-corrected chi connectivity index (χ4v) is 1.25.